The maximum Gasteiger partial charge on any atom is 0.338 e. The van der Waals surface area contributed by atoms with Crippen molar-refractivity contribution in [1.29, 1.82) is 0 Å². The van der Waals surface area contributed by atoms with E-state index in [0.717, 1.165) is 28.4 Å². The van der Waals surface area contributed by atoms with Crippen molar-refractivity contribution in [2.75, 3.05) is 13.2 Å². The number of esters is 1. The summed E-state index contributed by atoms with van der Waals surface area (Å²) in [5.74, 6) is -0.0675. The van der Waals surface area contributed by atoms with Gasteiger partial charge in [0.05, 0.1) is 12.2 Å². The van der Waals surface area contributed by atoms with Crippen LogP contribution in [-0.4, -0.2) is 25.0 Å². The second-order valence-electron chi connectivity index (χ2n) is 6.81. The quantitative estimate of drug-likeness (QED) is 0.210. The van der Waals surface area contributed by atoms with Crippen LogP contribution in [0.2, 0.25) is 0 Å². The lowest BCUT2D eigenvalue weighted by Gasteiger charge is -2.08. The highest BCUT2D eigenvalue weighted by atomic mass is 79.9. The van der Waals surface area contributed by atoms with Gasteiger partial charge in [0.15, 0.2) is 12.4 Å². The topological polar surface area (TPSA) is 52.6 Å². The molecule has 0 saturated heterocycles. The van der Waals surface area contributed by atoms with E-state index in [9.17, 15) is 9.59 Å². The molecule has 0 saturated carbocycles. The Bertz CT molecular complexity index is 977. The number of ether oxygens (including phenoxy) is 2. The summed E-state index contributed by atoms with van der Waals surface area (Å²) in [5, 5.41) is 0. The first-order valence-electron chi connectivity index (χ1n) is 9.86. The van der Waals surface area contributed by atoms with E-state index in [-0.39, 0.29) is 12.4 Å². The van der Waals surface area contributed by atoms with Crippen molar-refractivity contribution >= 4 is 27.7 Å². The fraction of sp³-hybridized carbons (Fsp3) is 0.200. The Labute approximate surface area is 185 Å². The molecule has 0 spiro atoms. The van der Waals surface area contributed by atoms with Gasteiger partial charge >= 0.3 is 5.97 Å². The van der Waals surface area contributed by atoms with Crippen LogP contribution in [0.15, 0.2) is 77.3 Å². The predicted molar refractivity (Wildman–Crippen MR) is 121 cm³/mol. The molecular weight excluding hydrogens is 444 g/mol. The third-order valence-corrected chi connectivity index (χ3v) is 5.10. The first kappa shape index (κ1) is 21.8. The molecular formula is C25H23BrO4. The average Bonchev–Trinajstić information content (AvgIpc) is 2.78. The fourth-order valence-corrected chi connectivity index (χ4v) is 3.07. The molecule has 4 nitrogen and oxygen atoms in total. The summed E-state index contributed by atoms with van der Waals surface area (Å²) in [4.78, 5) is 24.6. The molecule has 0 aromatic heterocycles. The minimum Gasteiger partial charge on any atom is -0.494 e. The molecule has 5 heteroatoms. The molecule has 3 rings (SSSR count). The number of ketones is 1. The summed E-state index contributed by atoms with van der Waals surface area (Å²) in [6.07, 6.45) is 2.04. The van der Waals surface area contributed by atoms with Gasteiger partial charge in [-0.2, -0.15) is 0 Å². The number of benzene rings is 3. The second-order valence-corrected chi connectivity index (χ2v) is 7.73. The number of hydrogen-bond donors (Lipinski definition) is 0. The van der Waals surface area contributed by atoms with E-state index in [0.29, 0.717) is 23.5 Å². The highest BCUT2D eigenvalue weighted by Crippen LogP contribution is 2.22. The lowest BCUT2D eigenvalue weighted by atomic mass is 10.0. The van der Waals surface area contributed by atoms with Crippen molar-refractivity contribution in [3.63, 3.8) is 0 Å². The zero-order chi connectivity index (χ0) is 21.3. The van der Waals surface area contributed by atoms with E-state index >= 15 is 0 Å². The van der Waals surface area contributed by atoms with Crippen molar-refractivity contribution in [3.05, 3.63) is 88.4 Å². The smallest absolute Gasteiger partial charge is 0.338 e. The van der Waals surface area contributed by atoms with E-state index < -0.39 is 5.97 Å². The van der Waals surface area contributed by atoms with Crippen LogP contribution in [0.1, 0.15) is 40.5 Å². The molecule has 0 unspecified atom stereocenters. The van der Waals surface area contributed by atoms with Gasteiger partial charge in [-0.3, -0.25) is 4.79 Å². The van der Waals surface area contributed by atoms with Crippen LogP contribution in [0.4, 0.5) is 0 Å². The number of halogens is 1. The Kier molecular flexibility index (Phi) is 7.80. The van der Waals surface area contributed by atoms with Gasteiger partial charge in [0.2, 0.25) is 0 Å². The molecule has 0 fully saturated rings. The number of hydrogen-bond acceptors (Lipinski definition) is 4. The highest BCUT2D eigenvalue weighted by Gasteiger charge is 2.12. The zero-order valence-electron chi connectivity index (χ0n) is 16.8. The molecule has 0 radical (unpaired) electrons. The Balaban J connectivity index is 1.53. The Morgan fingerprint density at radius 1 is 0.800 bits per heavy atom. The number of Topliss-reactive ketones (excluding diaryl/α,β-unsaturated/α-hetero) is 1. The molecule has 0 bridgehead atoms. The van der Waals surface area contributed by atoms with Gasteiger partial charge in [-0.15, -0.1) is 0 Å². The molecule has 0 N–H and O–H groups in total. The predicted octanol–water partition coefficient (Wildman–Crippen LogP) is 6.33. The van der Waals surface area contributed by atoms with Gasteiger partial charge in [0, 0.05) is 10.0 Å². The SMILES string of the molecule is CCCCOc1ccc(C(=O)OCC(=O)c2ccc(-c3ccc(Br)cc3)cc2)cc1. The molecule has 3 aromatic rings. The Morgan fingerprint density at radius 3 is 1.97 bits per heavy atom. The summed E-state index contributed by atoms with van der Waals surface area (Å²) in [7, 11) is 0. The van der Waals surface area contributed by atoms with Crippen molar-refractivity contribution < 1.29 is 19.1 Å². The lowest BCUT2D eigenvalue weighted by molar-refractivity contribution is 0.0474. The normalized spacial score (nSPS) is 10.5. The molecule has 30 heavy (non-hydrogen) atoms. The van der Waals surface area contributed by atoms with Crippen LogP contribution in [0.3, 0.4) is 0 Å². The van der Waals surface area contributed by atoms with E-state index in [1.165, 1.54) is 0 Å². The summed E-state index contributed by atoms with van der Waals surface area (Å²) in [6.45, 7) is 2.45. The minimum atomic E-state index is -0.532. The van der Waals surface area contributed by atoms with Gasteiger partial charge in [-0.1, -0.05) is 65.7 Å². The zero-order valence-corrected chi connectivity index (χ0v) is 18.4. The van der Waals surface area contributed by atoms with Crippen molar-refractivity contribution in [2.45, 2.75) is 19.8 Å². The largest absolute Gasteiger partial charge is 0.494 e. The molecule has 0 heterocycles. The maximum absolute atomic E-state index is 12.4. The highest BCUT2D eigenvalue weighted by molar-refractivity contribution is 9.10. The first-order valence-corrected chi connectivity index (χ1v) is 10.7. The van der Waals surface area contributed by atoms with E-state index in [4.69, 9.17) is 9.47 Å². The molecule has 0 aliphatic rings. The van der Waals surface area contributed by atoms with Crippen LogP contribution < -0.4 is 4.74 Å². The Morgan fingerprint density at radius 2 is 1.37 bits per heavy atom. The monoisotopic (exact) mass is 466 g/mol. The minimum absolute atomic E-state index is 0.245. The standard InChI is InChI=1S/C25H23BrO4/c1-2-3-16-29-23-14-10-21(11-15-23)25(28)30-17-24(27)20-6-4-18(5-7-20)19-8-12-22(26)13-9-19/h4-15H,2-3,16-17H2,1H3. The van der Waals surface area contributed by atoms with Crippen LogP contribution in [0.5, 0.6) is 5.75 Å². The van der Waals surface area contributed by atoms with E-state index in [1.807, 2.05) is 36.4 Å². The summed E-state index contributed by atoms with van der Waals surface area (Å²) < 4.78 is 11.8. The van der Waals surface area contributed by atoms with E-state index in [2.05, 4.69) is 22.9 Å². The molecule has 3 aromatic carbocycles. The summed E-state index contributed by atoms with van der Waals surface area (Å²) >= 11 is 3.42. The first-order chi connectivity index (χ1) is 14.6. The van der Waals surface area contributed by atoms with Gasteiger partial charge in [-0.05, 0) is 53.9 Å². The van der Waals surface area contributed by atoms with Gasteiger partial charge < -0.3 is 9.47 Å². The lowest BCUT2D eigenvalue weighted by Crippen LogP contribution is -2.14. The summed E-state index contributed by atoms with van der Waals surface area (Å²) in [6, 6.07) is 21.9. The molecule has 0 aliphatic heterocycles. The molecule has 0 aliphatic carbocycles. The third kappa shape index (κ3) is 6.04. The third-order valence-electron chi connectivity index (χ3n) is 4.58. The van der Waals surface area contributed by atoms with Gasteiger partial charge in [0.1, 0.15) is 5.75 Å². The molecule has 0 atom stereocenters. The molecule has 154 valence electrons. The number of carbonyl (C=O) groups excluding carboxylic acids is 2. The van der Waals surface area contributed by atoms with Crippen LogP contribution in [0.25, 0.3) is 11.1 Å². The fourth-order valence-electron chi connectivity index (χ4n) is 2.81. The van der Waals surface area contributed by atoms with Crippen molar-refractivity contribution in [2.24, 2.45) is 0 Å². The maximum atomic E-state index is 12.4. The van der Waals surface area contributed by atoms with Crippen LogP contribution in [-0.2, 0) is 4.74 Å². The molecule has 0 amide bonds. The van der Waals surface area contributed by atoms with Crippen LogP contribution >= 0.6 is 15.9 Å². The van der Waals surface area contributed by atoms with Crippen molar-refractivity contribution in [1.82, 2.24) is 0 Å². The Hall–Kier alpha value is -2.92. The van der Waals surface area contributed by atoms with E-state index in [1.54, 1.807) is 36.4 Å². The summed E-state index contributed by atoms with van der Waals surface area (Å²) in [5.41, 5.74) is 2.96. The van der Waals surface area contributed by atoms with Gasteiger partial charge in [-0.25, -0.2) is 4.79 Å². The average molecular weight is 467 g/mol. The van der Waals surface area contributed by atoms with Gasteiger partial charge in [0.25, 0.3) is 0 Å². The number of carbonyl (C=O) groups is 2. The van der Waals surface area contributed by atoms with Crippen LogP contribution in [0, 0.1) is 0 Å². The van der Waals surface area contributed by atoms with Crippen molar-refractivity contribution in [3.8, 4) is 16.9 Å². The number of rotatable bonds is 9. The second kappa shape index (κ2) is 10.7. The number of unbranched alkanes of at least 4 members (excludes halogenated alkanes) is 1.